The molecule has 240 valence electrons. The number of alkyl halides is 5. The normalized spacial score (nSPS) is 18.4. The number of amides is 1. The number of aromatic nitrogens is 4. The van der Waals surface area contributed by atoms with Crippen molar-refractivity contribution in [3.05, 3.63) is 71.1 Å². The second kappa shape index (κ2) is 10.9. The standard InChI is InChI=1S/C30H32F6N6O2Si/c1-39-26-24(27(38-39)30(34,35)36)28(43)42(25(26)20-7-5-18(13-21(20)31)40-10-9-29(32,33)15-40)19-6-8-23-22(14-19)37-16-41(23)17-44-11-12-45(2,3)4/h5-8,13-14,16,25H,9-12,15,17H2,1-4H3. The van der Waals surface area contributed by atoms with Gasteiger partial charge in [0, 0.05) is 51.6 Å². The highest BCUT2D eigenvalue weighted by atomic mass is 28.3. The van der Waals surface area contributed by atoms with Crippen LogP contribution in [0.3, 0.4) is 0 Å². The number of hydrogen-bond acceptors (Lipinski definition) is 5. The molecule has 1 amide bonds. The van der Waals surface area contributed by atoms with Crippen LogP contribution in [-0.4, -0.2) is 58.9 Å². The summed E-state index contributed by atoms with van der Waals surface area (Å²) in [6.45, 7) is 7.04. The number of hydrogen-bond donors (Lipinski definition) is 0. The van der Waals surface area contributed by atoms with Crippen molar-refractivity contribution in [2.24, 2.45) is 7.05 Å². The molecule has 45 heavy (non-hydrogen) atoms. The van der Waals surface area contributed by atoms with Gasteiger partial charge in [0.15, 0.2) is 5.69 Å². The average Bonchev–Trinajstić information content (AvgIpc) is 3.68. The zero-order chi connectivity index (χ0) is 32.5. The van der Waals surface area contributed by atoms with E-state index in [4.69, 9.17) is 4.74 Å². The smallest absolute Gasteiger partial charge is 0.365 e. The van der Waals surface area contributed by atoms with Gasteiger partial charge in [-0.3, -0.25) is 14.4 Å². The molecule has 1 atom stereocenters. The first-order valence-electron chi connectivity index (χ1n) is 14.5. The van der Waals surface area contributed by atoms with Crippen LogP contribution in [0.1, 0.15) is 39.8 Å². The lowest BCUT2D eigenvalue weighted by Crippen LogP contribution is -2.31. The van der Waals surface area contributed by atoms with Crippen LogP contribution in [0.15, 0.2) is 42.7 Å². The topological polar surface area (TPSA) is 68.4 Å². The van der Waals surface area contributed by atoms with Crippen molar-refractivity contribution in [3.8, 4) is 0 Å². The Hall–Kier alpha value is -3.85. The lowest BCUT2D eigenvalue weighted by atomic mass is 10.0. The van der Waals surface area contributed by atoms with Gasteiger partial charge in [-0.05, 0) is 36.4 Å². The Kier molecular flexibility index (Phi) is 7.54. The lowest BCUT2D eigenvalue weighted by molar-refractivity contribution is -0.141. The third-order valence-corrected chi connectivity index (χ3v) is 9.94. The van der Waals surface area contributed by atoms with Crippen LogP contribution in [-0.2, 0) is 24.7 Å². The summed E-state index contributed by atoms with van der Waals surface area (Å²) in [5.74, 6) is -4.76. The number of carbonyl (C=O) groups excluding carboxylic acids is 1. The van der Waals surface area contributed by atoms with E-state index in [0.29, 0.717) is 17.6 Å². The summed E-state index contributed by atoms with van der Waals surface area (Å²) in [7, 11) is -0.0138. The number of ether oxygens (including phenoxy) is 1. The number of fused-ring (bicyclic) bond motifs is 2. The molecular formula is C30H32F6N6O2Si. The number of halogens is 6. The maximum absolute atomic E-state index is 15.9. The van der Waals surface area contributed by atoms with Crippen LogP contribution in [0.2, 0.25) is 25.7 Å². The molecule has 6 rings (SSSR count). The van der Waals surface area contributed by atoms with E-state index in [0.717, 1.165) is 21.7 Å². The van der Waals surface area contributed by atoms with Crippen LogP contribution in [0.4, 0.5) is 37.7 Å². The van der Waals surface area contributed by atoms with Crippen molar-refractivity contribution < 1.29 is 35.9 Å². The van der Waals surface area contributed by atoms with Gasteiger partial charge in [-0.2, -0.15) is 18.3 Å². The summed E-state index contributed by atoms with van der Waals surface area (Å²) in [5.41, 5.74) is -0.706. The van der Waals surface area contributed by atoms with Gasteiger partial charge >= 0.3 is 6.18 Å². The fourth-order valence-electron chi connectivity index (χ4n) is 5.91. The highest BCUT2D eigenvalue weighted by molar-refractivity contribution is 6.76. The summed E-state index contributed by atoms with van der Waals surface area (Å²) in [6, 6.07) is 8.32. The molecule has 0 bridgehead atoms. The molecule has 1 unspecified atom stereocenters. The van der Waals surface area contributed by atoms with E-state index < -0.39 is 55.7 Å². The van der Waals surface area contributed by atoms with E-state index >= 15 is 4.39 Å². The molecule has 2 aliphatic heterocycles. The molecule has 8 nitrogen and oxygen atoms in total. The maximum atomic E-state index is 15.9. The van der Waals surface area contributed by atoms with Gasteiger partial charge < -0.3 is 14.2 Å². The second-order valence-corrected chi connectivity index (χ2v) is 18.4. The van der Waals surface area contributed by atoms with Gasteiger partial charge in [0.2, 0.25) is 0 Å². The molecule has 1 fully saturated rings. The first kappa shape index (κ1) is 31.1. The van der Waals surface area contributed by atoms with Crippen molar-refractivity contribution in [1.29, 1.82) is 0 Å². The van der Waals surface area contributed by atoms with Crippen LogP contribution >= 0.6 is 0 Å². The number of nitrogens with zero attached hydrogens (tertiary/aromatic N) is 6. The van der Waals surface area contributed by atoms with Crippen LogP contribution < -0.4 is 9.80 Å². The monoisotopic (exact) mass is 650 g/mol. The molecule has 15 heteroatoms. The zero-order valence-electron chi connectivity index (χ0n) is 25.1. The summed E-state index contributed by atoms with van der Waals surface area (Å²) in [5, 5.41) is 3.59. The van der Waals surface area contributed by atoms with Crippen molar-refractivity contribution in [2.75, 3.05) is 29.5 Å². The van der Waals surface area contributed by atoms with Crippen LogP contribution in [0.25, 0.3) is 11.0 Å². The lowest BCUT2D eigenvalue weighted by Gasteiger charge is -2.28. The fourth-order valence-corrected chi connectivity index (χ4v) is 6.67. The average molecular weight is 651 g/mol. The Morgan fingerprint density at radius 2 is 1.82 bits per heavy atom. The van der Waals surface area contributed by atoms with Gasteiger partial charge in [0.05, 0.1) is 35.2 Å². The highest BCUT2D eigenvalue weighted by Gasteiger charge is 2.51. The number of benzene rings is 2. The van der Waals surface area contributed by atoms with Gasteiger partial charge in [-0.25, -0.2) is 18.2 Å². The molecule has 0 N–H and O–H groups in total. The third kappa shape index (κ3) is 5.82. The minimum Gasteiger partial charge on any atom is -0.365 e. The summed E-state index contributed by atoms with van der Waals surface area (Å²) < 4.78 is 94.3. The van der Waals surface area contributed by atoms with Gasteiger partial charge in [0.25, 0.3) is 11.8 Å². The van der Waals surface area contributed by atoms with Crippen molar-refractivity contribution in [2.45, 2.75) is 57.0 Å². The zero-order valence-corrected chi connectivity index (χ0v) is 26.1. The molecule has 2 aromatic carbocycles. The van der Waals surface area contributed by atoms with E-state index in [1.165, 1.54) is 24.1 Å². The molecule has 0 aliphatic carbocycles. The molecule has 2 aromatic heterocycles. The number of anilines is 2. The SMILES string of the molecule is Cn1nc(C(F)(F)F)c2c1C(c1ccc(N3CCC(F)(F)C3)cc1F)N(c1ccc3c(c1)ncn3COCC[Si](C)(C)C)C2=O. The first-order valence-corrected chi connectivity index (χ1v) is 18.2. The Morgan fingerprint density at radius 3 is 2.47 bits per heavy atom. The van der Waals surface area contributed by atoms with Gasteiger partial charge in [-0.1, -0.05) is 25.7 Å². The Labute approximate surface area is 256 Å². The summed E-state index contributed by atoms with van der Waals surface area (Å²) in [6.07, 6.45) is -3.74. The molecular weight excluding hydrogens is 618 g/mol. The van der Waals surface area contributed by atoms with E-state index in [1.807, 2.05) is 0 Å². The Bertz CT molecular complexity index is 1780. The number of aryl methyl sites for hydroxylation is 1. The highest BCUT2D eigenvalue weighted by Crippen LogP contribution is 2.47. The molecule has 0 spiro atoms. The molecule has 2 aliphatic rings. The van der Waals surface area contributed by atoms with Crippen LogP contribution in [0, 0.1) is 5.82 Å². The van der Waals surface area contributed by atoms with E-state index in [-0.39, 0.29) is 42.3 Å². The van der Waals surface area contributed by atoms with E-state index in [2.05, 4.69) is 29.7 Å². The molecule has 4 aromatic rings. The number of imidazole rings is 1. The summed E-state index contributed by atoms with van der Waals surface area (Å²) >= 11 is 0. The minimum absolute atomic E-state index is 0.0245. The second-order valence-electron chi connectivity index (χ2n) is 12.8. The molecule has 0 saturated carbocycles. The predicted octanol–water partition coefficient (Wildman–Crippen LogP) is 6.84. The molecule has 1 saturated heterocycles. The van der Waals surface area contributed by atoms with E-state index in [9.17, 15) is 26.7 Å². The first-order chi connectivity index (χ1) is 21.0. The number of carbonyl (C=O) groups is 1. The molecule has 4 heterocycles. The minimum atomic E-state index is -4.94. The van der Waals surface area contributed by atoms with Crippen LogP contribution in [0.5, 0.6) is 0 Å². The van der Waals surface area contributed by atoms with Gasteiger partial charge in [0.1, 0.15) is 18.6 Å². The van der Waals surface area contributed by atoms with Gasteiger partial charge in [-0.15, -0.1) is 0 Å². The fraction of sp³-hybridized carbons (Fsp3) is 0.433. The quantitative estimate of drug-likeness (QED) is 0.119. The van der Waals surface area contributed by atoms with Crippen molar-refractivity contribution in [3.63, 3.8) is 0 Å². The number of rotatable bonds is 8. The maximum Gasteiger partial charge on any atom is 0.435 e. The predicted molar refractivity (Wildman–Crippen MR) is 159 cm³/mol. The van der Waals surface area contributed by atoms with E-state index in [1.54, 1.807) is 29.1 Å². The molecule has 0 radical (unpaired) electrons. The third-order valence-electron chi connectivity index (χ3n) is 8.23. The van der Waals surface area contributed by atoms with Crippen molar-refractivity contribution in [1.82, 2.24) is 19.3 Å². The van der Waals surface area contributed by atoms with Crippen molar-refractivity contribution >= 4 is 36.4 Å². The largest absolute Gasteiger partial charge is 0.435 e. The Morgan fingerprint density at radius 1 is 1.09 bits per heavy atom. The Balaban J connectivity index is 1.39. The summed E-state index contributed by atoms with van der Waals surface area (Å²) in [4.78, 5) is 20.7.